The molecule has 0 fully saturated rings. The molecule has 2 atom stereocenters. The molecule has 0 saturated heterocycles. The highest BCUT2D eigenvalue weighted by molar-refractivity contribution is 5.09. The summed E-state index contributed by atoms with van der Waals surface area (Å²) in [7, 11) is 0. The fourth-order valence-corrected chi connectivity index (χ4v) is 1.53. The molecule has 0 aromatic heterocycles. The first-order chi connectivity index (χ1) is 4.18. The van der Waals surface area contributed by atoms with Crippen LogP contribution in [0.3, 0.4) is 0 Å². The van der Waals surface area contributed by atoms with Gasteiger partial charge in [0, 0.05) is 12.1 Å². The normalized spacial score (nSPS) is 36.1. The molecule has 1 heterocycles. The Morgan fingerprint density at radius 1 is 1.56 bits per heavy atom. The smallest absolute Gasteiger partial charge is 0.0226 e. The number of hydrogen-bond acceptors (Lipinski definition) is 1. The molecule has 1 aliphatic rings. The van der Waals surface area contributed by atoms with Gasteiger partial charge in [0.25, 0.3) is 0 Å². The van der Waals surface area contributed by atoms with Crippen molar-refractivity contribution in [2.24, 2.45) is 0 Å². The van der Waals surface area contributed by atoms with Gasteiger partial charge in [-0.25, -0.2) is 0 Å². The lowest BCUT2D eigenvalue weighted by molar-refractivity contribution is 0.485. The van der Waals surface area contributed by atoms with Crippen molar-refractivity contribution in [1.29, 1.82) is 0 Å². The van der Waals surface area contributed by atoms with Crippen LogP contribution in [0.5, 0.6) is 0 Å². The van der Waals surface area contributed by atoms with Crippen LogP contribution in [0.15, 0.2) is 11.6 Å². The maximum atomic E-state index is 3.43. The minimum absolute atomic E-state index is 0.578. The average Bonchev–Trinajstić information content (AvgIpc) is 1.59. The van der Waals surface area contributed by atoms with E-state index in [0.717, 1.165) is 0 Å². The van der Waals surface area contributed by atoms with E-state index in [0.29, 0.717) is 12.1 Å². The lowest BCUT2D eigenvalue weighted by atomic mass is 10.0. The third kappa shape index (κ3) is 1.83. The zero-order valence-electron chi connectivity index (χ0n) is 6.44. The number of rotatable bonds is 0. The van der Waals surface area contributed by atoms with Gasteiger partial charge in [0.05, 0.1) is 0 Å². The van der Waals surface area contributed by atoms with Gasteiger partial charge in [-0.3, -0.25) is 0 Å². The molecular weight excluding hydrogens is 110 g/mol. The fraction of sp³-hybridized carbons (Fsp3) is 0.750. The zero-order chi connectivity index (χ0) is 6.85. The summed E-state index contributed by atoms with van der Waals surface area (Å²) in [5, 5.41) is 3.43. The molecule has 0 amide bonds. The van der Waals surface area contributed by atoms with Gasteiger partial charge in [0.2, 0.25) is 0 Å². The second kappa shape index (κ2) is 2.53. The van der Waals surface area contributed by atoms with Gasteiger partial charge in [-0.05, 0) is 27.2 Å². The molecule has 1 rings (SSSR count). The summed E-state index contributed by atoms with van der Waals surface area (Å²) in [4.78, 5) is 0. The summed E-state index contributed by atoms with van der Waals surface area (Å²) in [6.45, 7) is 6.62. The molecule has 0 aromatic carbocycles. The minimum Gasteiger partial charge on any atom is -0.308 e. The highest BCUT2D eigenvalue weighted by Crippen LogP contribution is 2.11. The first-order valence-electron chi connectivity index (χ1n) is 3.62. The lowest BCUT2D eigenvalue weighted by Crippen LogP contribution is -2.36. The van der Waals surface area contributed by atoms with Crippen LogP contribution in [0.2, 0.25) is 0 Å². The van der Waals surface area contributed by atoms with Crippen molar-refractivity contribution in [3.8, 4) is 0 Å². The molecule has 0 aliphatic carbocycles. The Hall–Kier alpha value is -0.300. The van der Waals surface area contributed by atoms with Gasteiger partial charge in [-0.1, -0.05) is 11.6 Å². The second-order valence-electron chi connectivity index (χ2n) is 3.07. The Labute approximate surface area is 57.1 Å². The molecule has 0 spiro atoms. The van der Waals surface area contributed by atoms with Crippen molar-refractivity contribution in [2.75, 3.05) is 0 Å². The van der Waals surface area contributed by atoms with E-state index in [1.54, 1.807) is 0 Å². The summed E-state index contributed by atoms with van der Waals surface area (Å²) < 4.78 is 0. The van der Waals surface area contributed by atoms with E-state index in [-0.39, 0.29) is 0 Å². The minimum atomic E-state index is 0.578. The van der Waals surface area contributed by atoms with Crippen molar-refractivity contribution in [1.82, 2.24) is 5.32 Å². The van der Waals surface area contributed by atoms with Crippen LogP contribution in [0.4, 0.5) is 0 Å². The Bertz CT molecular complexity index is 127. The van der Waals surface area contributed by atoms with Crippen molar-refractivity contribution in [2.45, 2.75) is 39.3 Å². The van der Waals surface area contributed by atoms with Crippen molar-refractivity contribution in [3.63, 3.8) is 0 Å². The van der Waals surface area contributed by atoms with Crippen LogP contribution >= 0.6 is 0 Å². The molecule has 1 nitrogen and oxygen atoms in total. The Kier molecular flexibility index (Phi) is 1.91. The maximum Gasteiger partial charge on any atom is 0.0226 e. The molecule has 0 bridgehead atoms. The average molecular weight is 125 g/mol. The predicted octanol–water partition coefficient (Wildman–Crippen LogP) is 1.70. The van der Waals surface area contributed by atoms with Crippen LogP contribution < -0.4 is 5.32 Å². The topological polar surface area (TPSA) is 12.0 Å². The molecule has 52 valence electrons. The van der Waals surface area contributed by atoms with E-state index in [9.17, 15) is 0 Å². The van der Waals surface area contributed by atoms with Crippen LogP contribution in [0.25, 0.3) is 0 Å². The number of hydrogen-bond donors (Lipinski definition) is 1. The first kappa shape index (κ1) is 6.81. The molecule has 1 heteroatoms. The van der Waals surface area contributed by atoms with Gasteiger partial charge in [-0.15, -0.1) is 0 Å². The zero-order valence-corrected chi connectivity index (χ0v) is 6.44. The maximum absolute atomic E-state index is 3.43. The molecular formula is C8H15N. The molecule has 0 saturated carbocycles. The van der Waals surface area contributed by atoms with Crippen LogP contribution in [-0.4, -0.2) is 12.1 Å². The Morgan fingerprint density at radius 2 is 2.22 bits per heavy atom. The molecule has 1 aliphatic heterocycles. The van der Waals surface area contributed by atoms with Gasteiger partial charge >= 0.3 is 0 Å². The fourth-order valence-electron chi connectivity index (χ4n) is 1.53. The SMILES string of the molecule is CC1=CC(C)NC(C)C1. The van der Waals surface area contributed by atoms with Crippen LogP contribution in [0, 0.1) is 0 Å². The molecule has 2 unspecified atom stereocenters. The predicted molar refractivity (Wildman–Crippen MR) is 40.4 cm³/mol. The quantitative estimate of drug-likeness (QED) is 0.486. The summed E-state index contributed by atoms with van der Waals surface area (Å²) in [6, 6.07) is 1.25. The van der Waals surface area contributed by atoms with Gasteiger partial charge < -0.3 is 5.32 Å². The van der Waals surface area contributed by atoms with E-state index in [1.165, 1.54) is 12.0 Å². The summed E-state index contributed by atoms with van der Waals surface area (Å²) in [6.07, 6.45) is 3.50. The molecule has 0 radical (unpaired) electrons. The Morgan fingerprint density at radius 3 is 2.67 bits per heavy atom. The third-order valence-corrected chi connectivity index (χ3v) is 1.71. The highest BCUT2D eigenvalue weighted by atomic mass is 14.9. The third-order valence-electron chi connectivity index (χ3n) is 1.71. The van der Waals surface area contributed by atoms with Gasteiger partial charge in [-0.2, -0.15) is 0 Å². The van der Waals surface area contributed by atoms with E-state index in [4.69, 9.17) is 0 Å². The monoisotopic (exact) mass is 125 g/mol. The molecule has 9 heavy (non-hydrogen) atoms. The molecule has 1 N–H and O–H groups in total. The first-order valence-corrected chi connectivity index (χ1v) is 3.62. The summed E-state index contributed by atoms with van der Waals surface area (Å²) >= 11 is 0. The largest absolute Gasteiger partial charge is 0.308 e. The number of nitrogens with one attached hydrogen (secondary N) is 1. The van der Waals surface area contributed by atoms with Gasteiger partial charge in [0.15, 0.2) is 0 Å². The lowest BCUT2D eigenvalue weighted by Gasteiger charge is -2.23. The van der Waals surface area contributed by atoms with Crippen molar-refractivity contribution >= 4 is 0 Å². The highest BCUT2D eigenvalue weighted by Gasteiger charge is 2.10. The van der Waals surface area contributed by atoms with Gasteiger partial charge in [0.1, 0.15) is 0 Å². The van der Waals surface area contributed by atoms with Crippen molar-refractivity contribution < 1.29 is 0 Å². The molecule has 0 aromatic rings. The van der Waals surface area contributed by atoms with E-state index in [1.807, 2.05) is 0 Å². The van der Waals surface area contributed by atoms with E-state index >= 15 is 0 Å². The van der Waals surface area contributed by atoms with Crippen LogP contribution in [0.1, 0.15) is 27.2 Å². The van der Waals surface area contributed by atoms with E-state index < -0.39 is 0 Å². The standard InChI is InChI=1S/C8H15N/c1-6-4-7(2)9-8(3)5-6/h4,7-9H,5H2,1-3H3. The summed E-state index contributed by atoms with van der Waals surface area (Å²) in [5.74, 6) is 0. The van der Waals surface area contributed by atoms with Crippen LogP contribution in [-0.2, 0) is 0 Å². The summed E-state index contributed by atoms with van der Waals surface area (Å²) in [5.41, 5.74) is 1.52. The Balaban J connectivity index is 2.56. The van der Waals surface area contributed by atoms with Crippen molar-refractivity contribution in [3.05, 3.63) is 11.6 Å². The van der Waals surface area contributed by atoms with E-state index in [2.05, 4.69) is 32.2 Å². The second-order valence-corrected chi connectivity index (χ2v) is 3.07.